The van der Waals surface area contributed by atoms with Gasteiger partial charge in [0.05, 0.1) is 19.0 Å². The van der Waals surface area contributed by atoms with E-state index in [1.807, 2.05) is 91.0 Å². The average molecular weight is 632 g/mol. The summed E-state index contributed by atoms with van der Waals surface area (Å²) in [7, 11) is 0. The molecule has 1 atom stereocenters. The second kappa shape index (κ2) is 19.8. The smallest absolute Gasteiger partial charge is 0.325 e. The van der Waals surface area contributed by atoms with E-state index < -0.39 is 24.5 Å². The van der Waals surface area contributed by atoms with E-state index in [0.29, 0.717) is 19.3 Å². The Labute approximate surface area is 268 Å². The Bertz CT molecular complexity index is 1310. The third kappa shape index (κ3) is 14.7. The van der Waals surface area contributed by atoms with Crippen LogP contribution in [0.4, 0.5) is 0 Å². The van der Waals surface area contributed by atoms with Crippen LogP contribution < -0.4 is 16.0 Å². The van der Waals surface area contributed by atoms with Gasteiger partial charge in [-0.2, -0.15) is 0 Å². The molecule has 0 bridgehead atoms. The summed E-state index contributed by atoms with van der Waals surface area (Å²) in [5.74, 6) is -1.76. The van der Waals surface area contributed by atoms with Gasteiger partial charge in [-0.25, -0.2) is 0 Å². The van der Waals surface area contributed by atoms with Gasteiger partial charge in [-0.15, -0.1) is 0 Å². The van der Waals surface area contributed by atoms with Crippen LogP contribution in [-0.4, -0.2) is 60.3 Å². The number of aryl methyl sites for hydroxylation is 2. The molecule has 0 fully saturated rings. The summed E-state index contributed by atoms with van der Waals surface area (Å²) in [6.45, 7) is 1.05. The fraction of sp³-hybridized carbons (Fsp3) is 0.343. The molecular weight excluding hydrogens is 590 g/mol. The second-order valence-corrected chi connectivity index (χ2v) is 11.8. The first-order chi connectivity index (χ1) is 21.8. The normalized spacial score (nSPS) is 11.3. The lowest BCUT2D eigenvalue weighted by molar-refractivity contribution is -0.149. The lowest BCUT2D eigenvalue weighted by Crippen LogP contribution is -2.44. The van der Waals surface area contributed by atoms with Crippen LogP contribution in [0.1, 0.15) is 36.5 Å². The lowest BCUT2D eigenvalue weighted by Gasteiger charge is -2.20. The molecule has 0 aliphatic heterocycles. The minimum Gasteiger partial charge on any atom is -0.457 e. The summed E-state index contributed by atoms with van der Waals surface area (Å²) >= 11 is 1.06. The molecule has 0 aliphatic carbocycles. The van der Waals surface area contributed by atoms with Crippen LogP contribution in [0.3, 0.4) is 0 Å². The molecule has 3 aromatic rings. The van der Waals surface area contributed by atoms with Crippen LogP contribution in [0.5, 0.6) is 0 Å². The molecule has 0 aromatic heterocycles. The summed E-state index contributed by atoms with van der Waals surface area (Å²) in [6.07, 6.45) is 1.20. The zero-order chi connectivity index (χ0) is 32.3. The SMILES string of the molecule is CC(=O)SCC(Cc1ccccc1)C(=O)NCC(=O)OC(CNC(=O)CCc1ccccc1)CNC(=O)CCc1ccccc1. The molecule has 0 spiro atoms. The molecule has 10 heteroatoms. The van der Waals surface area contributed by atoms with Crippen LogP contribution >= 0.6 is 11.8 Å². The van der Waals surface area contributed by atoms with Crippen LogP contribution in [0, 0.1) is 5.92 Å². The predicted octanol–water partition coefficient (Wildman–Crippen LogP) is 3.65. The number of hydrogen-bond donors (Lipinski definition) is 3. The number of esters is 1. The maximum absolute atomic E-state index is 13.0. The molecule has 45 heavy (non-hydrogen) atoms. The third-order valence-corrected chi connectivity index (χ3v) is 7.89. The maximum atomic E-state index is 13.0. The molecule has 0 radical (unpaired) electrons. The summed E-state index contributed by atoms with van der Waals surface area (Å²) in [5, 5.41) is 8.10. The highest BCUT2D eigenvalue weighted by Crippen LogP contribution is 2.16. The molecule has 238 valence electrons. The zero-order valence-electron chi connectivity index (χ0n) is 25.5. The van der Waals surface area contributed by atoms with E-state index in [1.54, 1.807) is 0 Å². The molecule has 3 rings (SSSR count). The lowest BCUT2D eigenvalue weighted by atomic mass is 10.0. The molecule has 9 nitrogen and oxygen atoms in total. The van der Waals surface area contributed by atoms with Gasteiger partial charge >= 0.3 is 5.97 Å². The monoisotopic (exact) mass is 631 g/mol. The minimum atomic E-state index is -0.843. The van der Waals surface area contributed by atoms with Crippen molar-refractivity contribution in [3.05, 3.63) is 108 Å². The van der Waals surface area contributed by atoms with Crippen LogP contribution in [0.25, 0.3) is 0 Å². The molecular formula is C35H41N3O6S. The average Bonchev–Trinajstić information content (AvgIpc) is 3.06. The number of rotatable bonds is 18. The Morgan fingerprint density at radius 2 is 1.13 bits per heavy atom. The fourth-order valence-electron chi connectivity index (χ4n) is 4.47. The van der Waals surface area contributed by atoms with Crippen molar-refractivity contribution in [2.75, 3.05) is 25.4 Å². The van der Waals surface area contributed by atoms with Crippen molar-refractivity contribution in [2.45, 2.75) is 45.1 Å². The van der Waals surface area contributed by atoms with E-state index in [0.717, 1.165) is 28.5 Å². The van der Waals surface area contributed by atoms with E-state index in [1.165, 1.54) is 6.92 Å². The number of carbonyl (C=O) groups is 5. The first-order valence-corrected chi connectivity index (χ1v) is 16.0. The second-order valence-electron chi connectivity index (χ2n) is 10.6. The van der Waals surface area contributed by atoms with Crippen molar-refractivity contribution in [2.24, 2.45) is 5.92 Å². The predicted molar refractivity (Wildman–Crippen MR) is 175 cm³/mol. The van der Waals surface area contributed by atoms with Crippen LogP contribution in [-0.2, 0) is 48.0 Å². The molecule has 1 unspecified atom stereocenters. The maximum Gasteiger partial charge on any atom is 0.325 e. The third-order valence-electron chi connectivity index (χ3n) is 6.91. The molecule has 3 amide bonds. The Morgan fingerprint density at radius 3 is 1.60 bits per heavy atom. The fourth-order valence-corrected chi connectivity index (χ4v) is 5.17. The molecule has 0 saturated carbocycles. The van der Waals surface area contributed by atoms with Gasteiger partial charge in [0.2, 0.25) is 17.7 Å². The van der Waals surface area contributed by atoms with Crippen LogP contribution in [0.2, 0.25) is 0 Å². The van der Waals surface area contributed by atoms with Crippen molar-refractivity contribution < 1.29 is 28.7 Å². The van der Waals surface area contributed by atoms with Gasteiger partial charge in [-0.1, -0.05) is 103 Å². The van der Waals surface area contributed by atoms with Gasteiger partial charge in [-0.3, -0.25) is 24.0 Å². The number of hydrogen-bond acceptors (Lipinski definition) is 7. The van der Waals surface area contributed by atoms with Crippen molar-refractivity contribution in [3.63, 3.8) is 0 Å². The first kappa shape index (κ1) is 35.0. The molecule has 0 heterocycles. The number of thioether (sulfide) groups is 1. The van der Waals surface area contributed by atoms with Crippen LogP contribution in [0.15, 0.2) is 91.0 Å². The first-order valence-electron chi connectivity index (χ1n) is 15.0. The van der Waals surface area contributed by atoms with E-state index in [2.05, 4.69) is 16.0 Å². The highest BCUT2D eigenvalue weighted by atomic mass is 32.2. The van der Waals surface area contributed by atoms with Crippen molar-refractivity contribution in [1.82, 2.24) is 16.0 Å². The van der Waals surface area contributed by atoms with Gasteiger partial charge < -0.3 is 20.7 Å². The van der Waals surface area contributed by atoms with E-state index >= 15 is 0 Å². The number of benzene rings is 3. The summed E-state index contributed by atoms with van der Waals surface area (Å²) in [4.78, 5) is 62.4. The van der Waals surface area contributed by atoms with E-state index in [4.69, 9.17) is 4.74 Å². The van der Waals surface area contributed by atoms with Crippen molar-refractivity contribution in [3.8, 4) is 0 Å². The zero-order valence-corrected chi connectivity index (χ0v) is 26.4. The standard InChI is InChI=1S/C35H41N3O6S/c1-26(39)45-25-30(21-29-15-9-4-10-16-29)35(43)38-24-34(42)44-31(22-36-32(40)19-17-27-11-5-2-6-12-27)23-37-33(41)20-18-28-13-7-3-8-14-28/h2-16,30-31H,17-25H2,1H3,(H,36,40)(H,37,41)(H,38,43). The van der Waals surface area contributed by atoms with Gasteiger partial charge in [-0.05, 0) is 36.0 Å². The largest absolute Gasteiger partial charge is 0.457 e. The number of carbonyl (C=O) groups excluding carboxylic acids is 5. The minimum absolute atomic E-state index is 0.00183. The van der Waals surface area contributed by atoms with Crippen molar-refractivity contribution in [1.29, 1.82) is 0 Å². The number of amides is 3. The Kier molecular flexibility index (Phi) is 15.4. The molecule has 0 aliphatic rings. The van der Waals surface area contributed by atoms with E-state index in [-0.39, 0.29) is 54.5 Å². The molecule has 0 saturated heterocycles. The van der Waals surface area contributed by atoms with Crippen molar-refractivity contribution >= 4 is 40.6 Å². The quantitative estimate of drug-likeness (QED) is 0.183. The van der Waals surface area contributed by atoms with Gasteiger partial charge in [0, 0.05) is 25.5 Å². The topological polar surface area (TPSA) is 131 Å². The number of ether oxygens (including phenoxy) is 1. The summed E-state index contributed by atoms with van der Waals surface area (Å²) in [5.41, 5.74) is 3.00. The van der Waals surface area contributed by atoms with Gasteiger partial charge in [0.1, 0.15) is 12.6 Å². The highest BCUT2D eigenvalue weighted by molar-refractivity contribution is 8.13. The molecule has 3 N–H and O–H groups in total. The molecule has 3 aromatic carbocycles. The Morgan fingerprint density at radius 1 is 0.667 bits per heavy atom. The Hall–Kier alpha value is -4.44. The highest BCUT2D eigenvalue weighted by Gasteiger charge is 2.22. The van der Waals surface area contributed by atoms with Gasteiger partial charge in [0.25, 0.3) is 0 Å². The number of nitrogens with one attached hydrogen (secondary N) is 3. The van der Waals surface area contributed by atoms with Gasteiger partial charge in [0.15, 0.2) is 5.12 Å². The summed E-state index contributed by atoms with van der Waals surface area (Å²) < 4.78 is 5.58. The summed E-state index contributed by atoms with van der Waals surface area (Å²) in [6, 6.07) is 28.7. The Balaban J connectivity index is 1.53. The van der Waals surface area contributed by atoms with E-state index in [9.17, 15) is 24.0 Å².